The van der Waals surface area contributed by atoms with Gasteiger partial charge in [-0.05, 0) is 6.92 Å². The summed E-state index contributed by atoms with van der Waals surface area (Å²) in [6, 6.07) is -0.235. The molecule has 0 amide bonds. The summed E-state index contributed by atoms with van der Waals surface area (Å²) in [5.74, 6) is -0.303. The fourth-order valence-electron chi connectivity index (χ4n) is 1.51. The van der Waals surface area contributed by atoms with E-state index >= 15 is 0 Å². The summed E-state index contributed by atoms with van der Waals surface area (Å²) in [5.41, 5.74) is 0.750. The molecule has 0 aliphatic heterocycles. The zero-order valence-electron chi connectivity index (χ0n) is 10.5. The molecule has 0 radical (unpaired) electrons. The molecule has 6 heteroatoms. The number of aromatic nitrogens is 2. The smallest absolute Gasteiger partial charge is 0.324 e. The van der Waals surface area contributed by atoms with Gasteiger partial charge in [-0.2, -0.15) is 5.10 Å². The summed E-state index contributed by atoms with van der Waals surface area (Å²) < 4.78 is 6.39. The van der Waals surface area contributed by atoms with Crippen LogP contribution in [-0.2, 0) is 16.1 Å². The maximum atomic E-state index is 11.6. The van der Waals surface area contributed by atoms with Gasteiger partial charge in [0.05, 0.1) is 24.4 Å². The van der Waals surface area contributed by atoms with Gasteiger partial charge in [-0.3, -0.25) is 9.48 Å². The monoisotopic (exact) mass is 259 g/mol. The van der Waals surface area contributed by atoms with Gasteiger partial charge >= 0.3 is 5.97 Å². The summed E-state index contributed by atoms with van der Waals surface area (Å²) in [5, 5.41) is 7.94. The third-order valence-electron chi connectivity index (χ3n) is 2.28. The van der Waals surface area contributed by atoms with Crippen molar-refractivity contribution in [3.63, 3.8) is 0 Å². The normalized spacial score (nSPS) is 12.8. The van der Waals surface area contributed by atoms with Gasteiger partial charge in [0.15, 0.2) is 0 Å². The van der Waals surface area contributed by atoms with Gasteiger partial charge in [-0.15, -0.1) is 0 Å². The molecule has 0 aromatic carbocycles. The molecule has 96 valence electrons. The van der Waals surface area contributed by atoms with Crippen LogP contribution < -0.4 is 5.32 Å². The van der Waals surface area contributed by atoms with Crippen molar-refractivity contribution >= 4 is 17.6 Å². The van der Waals surface area contributed by atoms with Gasteiger partial charge in [0.2, 0.25) is 0 Å². The second kappa shape index (κ2) is 6.02. The van der Waals surface area contributed by atoms with Gasteiger partial charge < -0.3 is 10.1 Å². The minimum absolute atomic E-state index is 0.186. The lowest BCUT2D eigenvalue weighted by atomic mass is 10.2. The van der Waals surface area contributed by atoms with Gasteiger partial charge in [0.1, 0.15) is 6.04 Å². The maximum absolute atomic E-state index is 11.6. The van der Waals surface area contributed by atoms with E-state index in [0.717, 1.165) is 5.69 Å². The second-order valence-corrected chi connectivity index (χ2v) is 4.59. The molecule has 0 saturated carbocycles. The van der Waals surface area contributed by atoms with Crippen LogP contribution in [0.1, 0.15) is 19.5 Å². The zero-order chi connectivity index (χ0) is 13.0. The van der Waals surface area contributed by atoms with E-state index in [1.807, 2.05) is 20.8 Å². The van der Waals surface area contributed by atoms with Crippen molar-refractivity contribution < 1.29 is 9.53 Å². The van der Waals surface area contributed by atoms with Crippen molar-refractivity contribution in [1.82, 2.24) is 15.1 Å². The van der Waals surface area contributed by atoms with E-state index in [-0.39, 0.29) is 12.0 Å². The fourth-order valence-corrected chi connectivity index (χ4v) is 1.66. The first kappa shape index (κ1) is 14.0. The van der Waals surface area contributed by atoms with E-state index in [4.69, 9.17) is 16.3 Å². The number of carbonyl (C=O) groups excluding carboxylic acids is 1. The second-order valence-electron chi connectivity index (χ2n) is 4.18. The number of esters is 1. The third kappa shape index (κ3) is 4.02. The molecular formula is C11H18ClN3O2. The largest absolute Gasteiger partial charge is 0.468 e. The Morgan fingerprint density at radius 1 is 1.65 bits per heavy atom. The Labute approximate surface area is 106 Å². The first-order valence-electron chi connectivity index (χ1n) is 5.47. The van der Waals surface area contributed by atoms with Crippen LogP contribution in [0, 0.1) is 6.92 Å². The van der Waals surface area contributed by atoms with E-state index in [2.05, 4.69) is 10.4 Å². The fraction of sp³-hybridized carbons (Fsp3) is 0.636. The molecule has 1 N–H and O–H groups in total. The predicted octanol–water partition coefficient (Wildman–Crippen LogP) is 1.38. The van der Waals surface area contributed by atoms with Gasteiger partial charge in [0.25, 0.3) is 0 Å². The van der Waals surface area contributed by atoms with Crippen LogP contribution in [0.15, 0.2) is 6.20 Å². The number of ether oxygens (including phenoxy) is 1. The van der Waals surface area contributed by atoms with Crippen LogP contribution >= 0.6 is 11.6 Å². The molecule has 0 aliphatic carbocycles. The first-order valence-corrected chi connectivity index (χ1v) is 5.85. The van der Waals surface area contributed by atoms with Crippen LogP contribution in [0.2, 0.25) is 5.02 Å². The highest BCUT2D eigenvalue weighted by molar-refractivity contribution is 6.31. The van der Waals surface area contributed by atoms with Crippen molar-refractivity contribution in [2.45, 2.75) is 39.4 Å². The van der Waals surface area contributed by atoms with E-state index in [9.17, 15) is 4.79 Å². The lowest BCUT2D eigenvalue weighted by Gasteiger charge is -2.18. The van der Waals surface area contributed by atoms with Crippen molar-refractivity contribution in [2.24, 2.45) is 0 Å². The Bertz CT molecular complexity index is 371. The molecule has 0 fully saturated rings. The van der Waals surface area contributed by atoms with Crippen LogP contribution in [0.5, 0.6) is 0 Å². The number of methoxy groups -OCH3 is 1. The topological polar surface area (TPSA) is 56.2 Å². The zero-order valence-corrected chi connectivity index (χ0v) is 11.3. The molecule has 1 atom stereocenters. The summed E-state index contributed by atoms with van der Waals surface area (Å²) in [6.45, 7) is 6.16. The van der Waals surface area contributed by atoms with E-state index in [1.165, 1.54) is 7.11 Å². The molecular weight excluding hydrogens is 242 g/mol. The Hall–Kier alpha value is -1.07. The van der Waals surface area contributed by atoms with Crippen LogP contribution in [0.25, 0.3) is 0 Å². The van der Waals surface area contributed by atoms with Crippen molar-refractivity contribution in [3.05, 3.63) is 16.9 Å². The minimum Gasteiger partial charge on any atom is -0.468 e. The number of rotatable bonds is 5. The standard InChI is InChI=1S/C11H18ClN3O2/c1-7(2)13-10(11(16)17-4)6-15-5-9(12)8(3)14-15/h5,7,10,13H,6H2,1-4H3. The molecule has 1 unspecified atom stereocenters. The average Bonchev–Trinajstić information content (AvgIpc) is 2.55. The summed E-state index contributed by atoms with van der Waals surface area (Å²) in [6.07, 6.45) is 1.70. The quantitative estimate of drug-likeness (QED) is 0.812. The average molecular weight is 260 g/mol. The molecule has 0 aliphatic rings. The Morgan fingerprint density at radius 3 is 2.71 bits per heavy atom. The van der Waals surface area contributed by atoms with Crippen molar-refractivity contribution in [3.8, 4) is 0 Å². The lowest BCUT2D eigenvalue weighted by Crippen LogP contribution is -2.44. The van der Waals surface area contributed by atoms with Crippen LogP contribution in [-0.4, -0.2) is 34.9 Å². The van der Waals surface area contributed by atoms with E-state index < -0.39 is 6.04 Å². The maximum Gasteiger partial charge on any atom is 0.324 e. The van der Waals surface area contributed by atoms with Gasteiger partial charge in [-0.1, -0.05) is 25.4 Å². The SMILES string of the molecule is COC(=O)C(Cn1cc(Cl)c(C)n1)NC(C)C. The Morgan fingerprint density at radius 2 is 2.29 bits per heavy atom. The Balaban J connectivity index is 2.75. The summed E-state index contributed by atoms with van der Waals surface area (Å²) >= 11 is 5.91. The molecule has 0 spiro atoms. The highest BCUT2D eigenvalue weighted by Crippen LogP contribution is 2.12. The Kier molecular flexibility index (Phi) is 4.96. The number of nitrogens with one attached hydrogen (secondary N) is 1. The van der Waals surface area contributed by atoms with E-state index in [0.29, 0.717) is 11.6 Å². The van der Waals surface area contributed by atoms with Crippen LogP contribution in [0.4, 0.5) is 0 Å². The molecule has 5 nitrogen and oxygen atoms in total. The highest BCUT2D eigenvalue weighted by atomic mass is 35.5. The molecule has 1 rings (SSSR count). The number of carbonyl (C=O) groups is 1. The lowest BCUT2D eigenvalue weighted by molar-refractivity contribution is -0.143. The number of nitrogens with zero attached hydrogens (tertiary/aromatic N) is 2. The molecule has 1 aromatic rings. The number of hydrogen-bond acceptors (Lipinski definition) is 4. The predicted molar refractivity (Wildman–Crippen MR) is 66.0 cm³/mol. The van der Waals surface area contributed by atoms with Crippen molar-refractivity contribution in [1.29, 1.82) is 0 Å². The van der Waals surface area contributed by atoms with Gasteiger partial charge in [-0.25, -0.2) is 0 Å². The minimum atomic E-state index is -0.421. The van der Waals surface area contributed by atoms with Gasteiger partial charge in [0, 0.05) is 12.2 Å². The number of halogens is 1. The molecule has 0 saturated heterocycles. The highest BCUT2D eigenvalue weighted by Gasteiger charge is 2.21. The summed E-state index contributed by atoms with van der Waals surface area (Å²) in [7, 11) is 1.37. The molecule has 0 bridgehead atoms. The first-order chi connectivity index (χ1) is 7.93. The van der Waals surface area contributed by atoms with E-state index in [1.54, 1.807) is 10.9 Å². The molecule has 17 heavy (non-hydrogen) atoms. The van der Waals surface area contributed by atoms with Crippen molar-refractivity contribution in [2.75, 3.05) is 7.11 Å². The summed E-state index contributed by atoms with van der Waals surface area (Å²) in [4.78, 5) is 11.6. The molecule has 1 aromatic heterocycles. The number of aryl methyl sites for hydroxylation is 1. The third-order valence-corrected chi connectivity index (χ3v) is 2.65. The number of hydrogen-bond donors (Lipinski definition) is 1. The van der Waals surface area contributed by atoms with Crippen LogP contribution in [0.3, 0.4) is 0 Å². The molecule has 1 heterocycles.